The average molecular weight is 288 g/mol. The molecule has 2 aromatic rings. The zero-order valence-corrected chi connectivity index (χ0v) is 11.6. The van der Waals surface area contributed by atoms with Crippen LogP contribution >= 0.6 is 0 Å². The van der Waals surface area contributed by atoms with Crippen molar-refractivity contribution in [3.63, 3.8) is 0 Å². The van der Waals surface area contributed by atoms with Crippen molar-refractivity contribution >= 4 is 17.3 Å². The molecule has 0 fully saturated rings. The summed E-state index contributed by atoms with van der Waals surface area (Å²) >= 11 is 0. The maximum absolute atomic E-state index is 13.5. The van der Waals surface area contributed by atoms with Gasteiger partial charge in [0.25, 0.3) is 0 Å². The Hall–Kier alpha value is -2.40. The summed E-state index contributed by atoms with van der Waals surface area (Å²) in [6.07, 6.45) is -0.929. The van der Waals surface area contributed by atoms with Gasteiger partial charge in [0.1, 0.15) is 5.82 Å². The van der Waals surface area contributed by atoms with Crippen LogP contribution in [-0.2, 0) is 4.79 Å². The molecule has 0 saturated carbocycles. The van der Waals surface area contributed by atoms with Gasteiger partial charge in [-0.05, 0) is 30.3 Å². The number of amides is 1. The first-order valence-electron chi connectivity index (χ1n) is 6.60. The summed E-state index contributed by atoms with van der Waals surface area (Å²) in [5.41, 5.74) is 1.74. The van der Waals surface area contributed by atoms with Gasteiger partial charge in [0.2, 0.25) is 5.91 Å². The second kappa shape index (κ2) is 6.85. The molecular formula is C16H17FN2O2. The number of nitrogens with one attached hydrogen (secondary N) is 2. The lowest BCUT2D eigenvalue weighted by Crippen LogP contribution is -2.13. The molecule has 2 aromatic carbocycles. The van der Waals surface area contributed by atoms with E-state index in [1.54, 1.807) is 42.5 Å². The Bertz CT molecular complexity index is 614. The molecule has 1 atom stereocenters. The molecule has 0 bridgehead atoms. The van der Waals surface area contributed by atoms with Crippen LogP contribution < -0.4 is 10.6 Å². The van der Waals surface area contributed by atoms with Gasteiger partial charge < -0.3 is 15.7 Å². The molecule has 0 aliphatic carbocycles. The van der Waals surface area contributed by atoms with Crippen molar-refractivity contribution in [2.45, 2.75) is 13.0 Å². The minimum atomic E-state index is -0.929. The maximum atomic E-state index is 13.5. The zero-order chi connectivity index (χ0) is 15.2. The third-order valence-corrected chi connectivity index (χ3v) is 2.97. The van der Waals surface area contributed by atoms with Gasteiger partial charge in [0.05, 0.1) is 6.10 Å². The summed E-state index contributed by atoms with van der Waals surface area (Å²) in [5, 5.41) is 15.7. The Labute approximate surface area is 122 Å². The van der Waals surface area contributed by atoms with Gasteiger partial charge in [-0.1, -0.05) is 18.2 Å². The first kappa shape index (κ1) is 15.0. The van der Waals surface area contributed by atoms with Gasteiger partial charge in [-0.2, -0.15) is 0 Å². The number of carbonyl (C=O) groups is 1. The van der Waals surface area contributed by atoms with Gasteiger partial charge in [0.15, 0.2) is 0 Å². The van der Waals surface area contributed by atoms with Crippen LogP contribution in [0.3, 0.4) is 0 Å². The molecule has 3 N–H and O–H groups in total. The first-order chi connectivity index (χ1) is 10.1. The summed E-state index contributed by atoms with van der Waals surface area (Å²) in [7, 11) is 0. The van der Waals surface area contributed by atoms with Crippen molar-refractivity contribution in [3.8, 4) is 0 Å². The molecule has 1 unspecified atom stereocenters. The lowest BCUT2D eigenvalue weighted by molar-refractivity contribution is -0.114. The van der Waals surface area contributed by atoms with Crippen LogP contribution in [0.5, 0.6) is 0 Å². The fourth-order valence-corrected chi connectivity index (χ4v) is 1.94. The van der Waals surface area contributed by atoms with Crippen LogP contribution in [0.4, 0.5) is 15.8 Å². The highest BCUT2D eigenvalue weighted by Gasteiger charge is 2.11. The van der Waals surface area contributed by atoms with Crippen molar-refractivity contribution < 1.29 is 14.3 Å². The highest BCUT2D eigenvalue weighted by Crippen LogP contribution is 2.18. The van der Waals surface area contributed by atoms with Gasteiger partial charge in [-0.3, -0.25) is 4.79 Å². The molecule has 110 valence electrons. The Morgan fingerprint density at radius 3 is 2.38 bits per heavy atom. The van der Waals surface area contributed by atoms with Gasteiger partial charge in [-0.15, -0.1) is 0 Å². The Morgan fingerprint density at radius 1 is 1.14 bits per heavy atom. The largest absolute Gasteiger partial charge is 0.386 e. The normalized spacial score (nSPS) is 11.8. The predicted molar refractivity (Wildman–Crippen MR) is 80.6 cm³/mol. The van der Waals surface area contributed by atoms with E-state index < -0.39 is 11.9 Å². The lowest BCUT2D eigenvalue weighted by atomic mass is 10.1. The van der Waals surface area contributed by atoms with E-state index in [4.69, 9.17) is 0 Å². The lowest BCUT2D eigenvalue weighted by Gasteiger charge is -2.14. The van der Waals surface area contributed by atoms with Crippen molar-refractivity contribution in [3.05, 3.63) is 59.9 Å². The fourth-order valence-electron chi connectivity index (χ4n) is 1.94. The smallest absolute Gasteiger partial charge is 0.221 e. The maximum Gasteiger partial charge on any atom is 0.221 e. The van der Waals surface area contributed by atoms with E-state index in [-0.39, 0.29) is 18.0 Å². The third kappa shape index (κ3) is 4.29. The van der Waals surface area contributed by atoms with Crippen LogP contribution in [0, 0.1) is 5.82 Å². The minimum absolute atomic E-state index is 0.134. The topological polar surface area (TPSA) is 61.4 Å². The molecule has 5 heteroatoms. The molecule has 0 spiro atoms. The van der Waals surface area contributed by atoms with Crippen molar-refractivity contribution in [2.24, 2.45) is 0 Å². The second-order valence-corrected chi connectivity index (χ2v) is 4.68. The Kier molecular flexibility index (Phi) is 4.90. The van der Waals surface area contributed by atoms with Gasteiger partial charge in [-0.25, -0.2) is 4.39 Å². The number of aliphatic hydroxyl groups is 1. The highest BCUT2D eigenvalue weighted by atomic mass is 19.1. The fraction of sp³-hybridized carbons (Fsp3) is 0.188. The molecule has 0 aliphatic rings. The van der Waals surface area contributed by atoms with Crippen molar-refractivity contribution in [1.29, 1.82) is 0 Å². The number of hydrogen-bond donors (Lipinski definition) is 3. The quantitative estimate of drug-likeness (QED) is 0.792. The van der Waals surface area contributed by atoms with Gasteiger partial charge >= 0.3 is 0 Å². The predicted octanol–water partition coefficient (Wildman–Crippen LogP) is 2.93. The monoisotopic (exact) mass is 288 g/mol. The molecule has 1 amide bonds. The zero-order valence-electron chi connectivity index (χ0n) is 11.6. The third-order valence-electron chi connectivity index (χ3n) is 2.97. The summed E-state index contributed by atoms with van der Waals surface area (Å²) in [6.45, 7) is 1.64. The molecule has 0 heterocycles. The summed E-state index contributed by atoms with van der Waals surface area (Å²) in [5.74, 6) is -0.557. The van der Waals surface area contributed by atoms with Crippen LogP contribution in [0.25, 0.3) is 0 Å². The highest BCUT2D eigenvalue weighted by molar-refractivity contribution is 5.88. The summed E-state index contributed by atoms with van der Waals surface area (Å²) in [4.78, 5) is 10.9. The van der Waals surface area contributed by atoms with Crippen LogP contribution in [-0.4, -0.2) is 17.6 Å². The van der Waals surface area contributed by atoms with E-state index in [1.165, 1.54) is 13.0 Å². The average Bonchev–Trinajstić information content (AvgIpc) is 2.46. The Balaban J connectivity index is 1.94. The van der Waals surface area contributed by atoms with E-state index in [0.29, 0.717) is 5.69 Å². The molecule has 2 rings (SSSR count). The number of anilines is 2. The molecule has 21 heavy (non-hydrogen) atoms. The number of benzene rings is 2. The van der Waals surface area contributed by atoms with Crippen LogP contribution in [0.2, 0.25) is 0 Å². The minimum Gasteiger partial charge on any atom is -0.386 e. The number of aliphatic hydroxyl groups excluding tert-OH is 1. The second-order valence-electron chi connectivity index (χ2n) is 4.68. The number of carbonyl (C=O) groups excluding carboxylic acids is 1. The molecule has 0 aromatic heterocycles. The summed E-state index contributed by atoms with van der Waals surface area (Å²) in [6, 6.07) is 13.2. The molecular weight excluding hydrogens is 271 g/mol. The van der Waals surface area contributed by atoms with Crippen LogP contribution in [0.1, 0.15) is 18.6 Å². The first-order valence-corrected chi connectivity index (χ1v) is 6.60. The van der Waals surface area contributed by atoms with E-state index in [0.717, 1.165) is 5.69 Å². The van der Waals surface area contributed by atoms with Crippen molar-refractivity contribution in [1.82, 2.24) is 0 Å². The molecule has 4 nitrogen and oxygen atoms in total. The Morgan fingerprint density at radius 2 is 1.76 bits per heavy atom. The summed E-state index contributed by atoms with van der Waals surface area (Å²) < 4.78 is 13.5. The molecule has 0 radical (unpaired) electrons. The van der Waals surface area contributed by atoms with E-state index >= 15 is 0 Å². The van der Waals surface area contributed by atoms with Gasteiger partial charge in [0, 0.05) is 30.4 Å². The number of hydrogen-bond acceptors (Lipinski definition) is 3. The van der Waals surface area contributed by atoms with E-state index in [2.05, 4.69) is 10.6 Å². The van der Waals surface area contributed by atoms with E-state index in [1.807, 2.05) is 0 Å². The number of rotatable bonds is 5. The molecule has 0 saturated heterocycles. The standard InChI is InChI=1S/C16H17FN2O2/c1-11(20)19-13-8-6-12(7-9-13)18-10-16(21)14-4-2-3-5-15(14)17/h2-9,16,18,21H,10H2,1H3,(H,19,20). The van der Waals surface area contributed by atoms with E-state index in [9.17, 15) is 14.3 Å². The van der Waals surface area contributed by atoms with Crippen molar-refractivity contribution in [2.75, 3.05) is 17.2 Å². The van der Waals surface area contributed by atoms with Crippen LogP contribution in [0.15, 0.2) is 48.5 Å². The molecule has 0 aliphatic heterocycles. The number of halogens is 1. The SMILES string of the molecule is CC(=O)Nc1ccc(NCC(O)c2ccccc2F)cc1.